The number of nitriles is 3. The average Bonchev–Trinajstić information content (AvgIpc) is 3.28. The van der Waals surface area contributed by atoms with E-state index in [9.17, 15) is 5.26 Å². The van der Waals surface area contributed by atoms with Crippen LogP contribution >= 0.6 is 78.9 Å². The molecule has 0 bridgehead atoms. The van der Waals surface area contributed by atoms with E-state index < -0.39 is 18.1 Å². The number of benzene rings is 5. The van der Waals surface area contributed by atoms with Crippen molar-refractivity contribution in [3.05, 3.63) is 178 Å². The Labute approximate surface area is 408 Å². The smallest absolute Gasteiger partial charge is 0.211 e. The van der Waals surface area contributed by atoms with E-state index in [-0.39, 0.29) is 44.6 Å². The number of nitrogens with two attached hydrogens (primary N) is 2. The first-order valence-corrected chi connectivity index (χ1v) is 26.8. The van der Waals surface area contributed by atoms with Gasteiger partial charge in [-0.15, -0.1) is 24.8 Å². The van der Waals surface area contributed by atoms with Crippen molar-refractivity contribution >= 4 is 108 Å². The van der Waals surface area contributed by atoms with E-state index in [2.05, 4.69) is 84.0 Å². The predicted octanol–water partition coefficient (Wildman–Crippen LogP) is 9.63. The molecule has 0 aliphatic heterocycles. The summed E-state index contributed by atoms with van der Waals surface area (Å²) >= 11 is 12.9. The molecule has 17 heteroatoms. The van der Waals surface area contributed by atoms with Gasteiger partial charge < -0.3 is 26.8 Å². The van der Waals surface area contributed by atoms with E-state index in [4.69, 9.17) is 35.0 Å². The molecule has 0 aliphatic carbocycles. The predicted molar refractivity (Wildman–Crippen MR) is 274 cm³/mol. The van der Waals surface area contributed by atoms with Crippen molar-refractivity contribution in [1.82, 2.24) is 0 Å². The summed E-state index contributed by atoms with van der Waals surface area (Å²) in [7, 11) is 0. The Bertz CT molecular complexity index is 2060. The first kappa shape index (κ1) is 55.1. The van der Waals surface area contributed by atoms with Crippen LogP contribution in [0.4, 0.5) is 0 Å². The van der Waals surface area contributed by atoms with E-state index >= 15 is 0 Å². The summed E-state index contributed by atoms with van der Waals surface area (Å²) in [5, 5.41) is 44.1. The summed E-state index contributed by atoms with van der Waals surface area (Å²) in [6, 6.07) is 47.4. The Balaban J connectivity index is 0. The van der Waals surface area contributed by atoms with Crippen molar-refractivity contribution in [1.29, 1.82) is 18.6 Å². The molecular weight excluding hydrogens is 1100 g/mol. The Morgan fingerprint density at radius 1 is 0.567 bits per heavy atom. The van der Waals surface area contributed by atoms with Gasteiger partial charge in [0.05, 0.1) is 55.8 Å². The first-order chi connectivity index (χ1) is 29.1. The second-order valence-corrected chi connectivity index (χ2v) is 20.2. The van der Waals surface area contributed by atoms with Crippen LogP contribution in [0.1, 0.15) is 44.5 Å². The number of halogens is 4. The van der Waals surface area contributed by atoms with Gasteiger partial charge in [0.25, 0.3) is 0 Å². The van der Waals surface area contributed by atoms with Gasteiger partial charge in [-0.25, -0.2) is 0 Å². The SMILES string of the molecule is Cl.Cl.N#CC(N)Cc1ccc(CO)cc1.S=PI.S=PI.[3H]OCc1ccc(CC(C#N)N=C(c2ccccc2)c2ccccc2)cc1.[3H]OCc1ccc(CC(N)C#N)cc1. The zero-order chi connectivity index (χ0) is 44.4. The minimum absolute atomic E-state index is 0. The Kier molecular flexibility index (Phi) is 34.8. The first-order valence-electron chi connectivity index (χ1n) is 18.2. The lowest BCUT2D eigenvalue weighted by Gasteiger charge is -2.11. The number of hydrogen-bond acceptors (Lipinski definition) is 11. The molecule has 0 saturated heterocycles. The third kappa shape index (κ3) is 25.8. The Hall–Kier alpha value is -2.88. The summed E-state index contributed by atoms with van der Waals surface area (Å²) in [5.41, 5.74) is 19.6. The Morgan fingerprint density at radius 2 is 0.867 bits per heavy atom. The summed E-state index contributed by atoms with van der Waals surface area (Å²) in [6.45, 7) is 0.585. The molecule has 0 saturated carbocycles. The Morgan fingerprint density at radius 3 is 1.15 bits per heavy atom. The van der Waals surface area contributed by atoms with Crippen LogP contribution in [0.15, 0.2) is 138 Å². The minimum atomic E-state index is -0.487. The van der Waals surface area contributed by atoms with E-state index in [1.807, 2.05) is 146 Å². The monoisotopic (exact) mass is 1150 g/mol. The summed E-state index contributed by atoms with van der Waals surface area (Å²) in [4.78, 5) is 6.73. The van der Waals surface area contributed by atoms with Crippen molar-refractivity contribution < 1.29 is 15.3 Å². The van der Waals surface area contributed by atoms with E-state index in [1.165, 1.54) is 0 Å². The molecule has 7 N–H and O–H groups in total. The quantitative estimate of drug-likeness (QED) is 0.0406. The number of aliphatic hydroxyl groups is 3. The molecule has 0 spiro atoms. The van der Waals surface area contributed by atoms with E-state index in [1.54, 1.807) is 0 Å². The standard InChI is InChI=1S/C23H20N2O.2C10H12N2O.2ClH.2IPS/c24-16-22(15-18-11-13-19(17-26)14-12-18)25-23(20-7-3-1-4-8-20)21-9-5-2-6-10-21;2*11-6-10(12)5-8-1-3-9(7-13)4-2-8;;;2*1-2-3/h1-14,22,26H,15,17H2;2*1-4,10,13H,5,7,12H2;2*1H;;/i26T;13T;;;;;. The van der Waals surface area contributed by atoms with Gasteiger partial charge >= 0.3 is 0 Å². The summed E-state index contributed by atoms with van der Waals surface area (Å²) in [6.07, 6.45) is 1.64. The highest BCUT2D eigenvalue weighted by atomic mass is 127. The van der Waals surface area contributed by atoms with Crippen molar-refractivity contribution in [2.24, 2.45) is 16.5 Å². The fraction of sp³-hybridized carbons (Fsp3) is 0.209. The maximum Gasteiger partial charge on any atom is 0.211 e. The molecule has 3 unspecified atom stereocenters. The highest BCUT2D eigenvalue weighted by molar-refractivity contribution is 14.2. The van der Waals surface area contributed by atoms with E-state index in [0.29, 0.717) is 19.3 Å². The lowest BCUT2D eigenvalue weighted by Crippen LogP contribution is -2.19. The van der Waals surface area contributed by atoms with Crippen molar-refractivity contribution in [3.8, 4) is 18.2 Å². The van der Waals surface area contributed by atoms with Crippen LogP contribution in [-0.2, 0) is 62.7 Å². The molecule has 9 nitrogen and oxygen atoms in total. The van der Waals surface area contributed by atoms with Gasteiger partial charge in [-0.1, -0.05) is 133 Å². The minimum Gasteiger partial charge on any atom is -0.392 e. The molecule has 0 radical (unpaired) electrons. The maximum absolute atomic E-state index is 9.67. The molecule has 60 heavy (non-hydrogen) atoms. The molecule has 0 aromatic heterocycles. The van der Waals surface area contributed by atoms with Gasteiger partial charge in [-0.2, -0.15) is 15.8 Å². The normalized spacial score (nSPS) is 11.3. The summed E-state index contributed by atoms with van der Waals surface area (Å²) in [5.74, 6) is 0. The molecule has 5 aromatic carbocycles. The van der Waals surface area contributed by atoms with Crippen LogP contribution in [-0.4, -0.2) is 42.0 Å². The maximum atomic E-state index is 9.67. The molecule has 3 atom stereocenters. The van der Waals surface area contributed by atoms with Crippen molar-refractivity contribution in [3.63, 3.8) is 0 Å². The second kappa shape index (κ2) is 37.8. The van der Waals surface area contributed by atoms with Gasteiger partial charge in [0.15, 0.2) is 0 Å². The van der Waals surface area contributed by atoms with Crippen LogP contribution in [0.2, 0.25) is 0 Å². The number of hydrogen-bond donors (Lipinski definition) is 5. The number of aliphatic imine (C=N–C) groups is 1. The lowest BCUT2D eigenvalue weighted by molar-refractivity contribution is 0.281. The fourth-order valence-electron chi connectivity index (χ4n) is 4.93. The zero-order valence-corrected chi connectivity index (χ0v) is 41.5. The average molecular weight is 1150 g/mol. The number of nitrogens with zero attached hydrogens (tertiary/aromatic N) is 4. The zero-order valence-electron chi connectivity index (χ0n) is 34.2. The van der Waals surface area contributed by atoms with Gasteiger partial charge in [0, 0.05) is 40.4 Å². The third-order valence-electron chi connectivity index (χ3n) is 7.79. The van der Waals surface area contributed by atoms with Crippen LogP contribution in [0.25, 0.3) is 0 Å². The highest BCUT2D eigenvalue weighted by Gasteiger charge is 2.12. The van der Waals surface area contributed by atoms with Gasteiger partial charge in [-0.05, 0) is 101 Å². The largest absolute Gasteiger partial charge is 0.392 e. The van der Waals surface area contributed by atoms with E-state index in [0.717, 1.165) is 60.2 Å². The number of rotatable bonds is 14. The molecule has 5 aromatic rings. The van der Waals surface area contributed by atoms with Gasteiger partial charge in [0.1, 0.15) is 6.04 Å². The molecule has 0 fully saturated rings. The molecule has 0 heterocycles. The summed E-state index contributed by atoms with van der Waals surface area (Å²) < 4.78 is 13.4. The van der Waals surface area contributed by atoms with Crippen molar-refractivity contribution in [2.75, 3.05) is 0 Å². The van der Waals surface area contributed by atoms with Crippen LogP contribution < -0.4 is 11.5 Å². The van der Waals surface area contributed by atoms with Crippen LogP contribution in [0.3, 0.4) is 0 Å². The van der Waals surface area contributed by atoms with Gasteiger partial charge in [0.2, 0.25) is 2.86 Å². The second-order valence-electron chi connectivity index (χ2n) is 12.0. The topological polar surface area (TPSA) is 196 Å². The molecular formula is C43H46Cl2I2N6O3P2S2. The fourth-order valence-corrected chi connectivity index (χ4v) is 4.93. The lowest BCUT2D eigenvalue weighted by atomic mass is 10.0. The molecule has 5 rings (SSSR count). The number of aliphatic hydroxyl groups excluding tert-OH is 3. The third-order valence-corrected chi connectivity index (χ3v) is 7.79. The van der Waals surface area contributed by atoms with Crippen LogP contribution in [0.5, 0.6) is 0 Å². The van der Waals surface area contributed by atoms with Crippen LogP contribution in [0, 0.1) is 34.0 Å². The molecule has 316 valence electrons. The van der Waals surface area contributed by atoms with Gasteiger partial charge in [-0.3, -0.25) is 4.99 Å². The van der Waals surface area contributed by atoms with Crippen molar-refractivity contribution in [2.45, 2.75) is 57.2 Å². The highest BCUT2D eigenvalue weighted by Crippen LogP contribution is 2.15. The molecule has 0 aliphatic rings. The molecule has 0 amide bonds.